The number of hydrogen-bond acceptors (Lipinski definition) is 6. The number of phenols is 1. The molecule has 0 radical (unpaired) electrons. The zero-order chi connectivity index (χ0) is 24.2. The molecule has 3 aliphatic heterocycles. The van der Waals surface area contributed by atoms with Crippen LogP contribution in [0.4, 0.5) is 0 Å². The molecule has 178 valence electrons. The molecule has 0 spiro atoms. The number of ether oxygens (including phenoxy) is 1. The van der Waals surface area contributed by atoms with E-state index >= 15 is 0 Å². The van der Waals surface area contributed by atoms with Gasteiger partial charge in [0.25, 0.3) is 0 Å². The van der Waals surface area contributed by atoms with Gasteiger partial charge in [-0.15, -0.1) is 6.58 Å². The maximum absolute atomic E-state index is 11.2. The van der Waals surface area contributed by atoms with Crippen molar-refractivity contribution in [1.82, 2.24) is 9.88 Å². The zero-order valence-electron chi connectivity index (χ0n) is 19.2. The molecular formula is C27H30N2O5. The Labute approximate surface area is 198 Å². The maximum atomic E-state index is 11.2. The molecule has 3 N–H and O–H groups in total. The standard InChI is InChI=1S/C20H24N2O2.C7H6O3/c1-3-13-12-22-9-7-14(13)10-19(22)20(23)16-6-8-21-18-5-4-15(24-2)11-17(16)18;8-6-4-2-1-3-5(6)7(9)10/h3-6,8,11,13-14,19-20,23H,1,7,9-10,12H2,2H3;1-4,8H,(H,9,10)/t13-,14?,19-,20+;/m0./s1. The van der Waals surface area contributed by atoms with Crippen LogP contribution in [0.5, 0.6) is 11.5 Å². The van der Waals surface area contributed by atoms with Gasteiger partial charge in [0.15, 0.2) is 0 Å². The third kappa shape index (κ3) is 4.76. The fraction of sp³-hybridized carbons (Fsp3) is 0.333. The summed E-state index contributed by atoms with van der Waals surface area (Å²) in [6, 6.07) is 13.8. The summed E-state index contributed by atoms with van der Waals surface area (Å²) < 4.78 is 5.35. The van der Waals surface area contributed by atoms with Crippen LogP contribution in [0.2, 0.25) is 0 Å². The molecule has 4 heterocycles. The third-order valence-corrected chi connectivity index (χ3v) is 6.95. The van der Waals surface area contributed by atoms with Gasteiger partial charge in [-0.05, 0) is 73.2 Å². The van der Waals surface area contributed by atoms with Gasteiger partial charge in [-0.2, -0.15) is 0 Å². The summed E-state index contributed by atoms with van der Waals surface area (Å²) in [6.07, 6.45) is 5.62. The van der Waals surface area contributed by atoms with E-state index < -0.39 is 12.1 Å². The van der Waals surface area contributed by atoms with Crippen molar-refractivity contribution >= 4 is 16.9 Å². The van der Waals surface area contributed by atoms with Crippen LogP contribution in [0, 0.1) is 11.8 Å². The van der Waals surface area contributed by atoms with Gasteiger partial charge in [-0.25, -0.2) is 4.79 Å². The number of aliphatic hydroxyl groups excluding tert-OH is 1. The molecule has 5 atom stereocenters. The Hall–Kier alpha value is -3.42. The topological polar surface area (TPSA) is 103 Å². The summed E-state index contributed by atoms with van der Waals surface area (Å²) in [5.74, 6) is 0.695. The molecule has 7 nitrogen and oxygen atoms in total. The highest BCUT2D eigenvalue weighted by atomic mass is 16.5. The second kappa shape index (κ2) is 10.2. The number of fused-ring (bicyclic) bond motifs is 4. The summed E-state index contributed by atoms with van der Waals surface area (Å²) in [5, 5.41) is 29.4. The lowest BCUT2D eigenvalue weighted by Gasteiger charge is -2.50. The van der Waals surface area contributed by atoms with E-state index in [1.165, 1.54) is 18.6 Å². The van der Waals surface area contributed by atoms with E-state index in [0.717, 1.165) is 41.7 Å². The average molecular weight is 463 g/mol. The first-order chi connectivity index (χ1) is 16.4. The first kappa shape index (κ1) is 23.7. The van der Waals surface area contributed by atoms with E-state index in [2.05, 4.69) is 22.5 Å². The number of piperidine rings is 3. The Morgan fingerprint density at radius 3 is 2.68 bits per heavy atom. The molecule has 3 aliphatic rings. The number of nitrogens with zero attached hydrogens (tertiary/aromatic N) is 2. The minimum absolute atomic E-state index is 0.0671. The van der Waals surface area contributed by atoms with Crippen LogP contribution in [-0.4, -0.2) is 57.4 Å². The molecule has 3 fully saturated rings. The van der Waals surface area contributed by atoms with Crippen molar-refractivity contribution in [2.75, 3.05) is 20.2 Å². The van der Waals surface area contributed by atoms with E-state index in [9.17, 15) is 9.90 Å². The van der Waals surface area contributed by atoms with Crippen molar-refractivity contribution in [2.45, 2.75) is 25.0 Å². The van der Waals surface area contributed by atoms with Gasteiger partial charge < -0.3 is 20.1 Å². The molecule has 0 saturated carbocycles. The molecular weight excluding hydrogens is 432 g/mol. The number of aromatic nitrogens is 1. The predicted molar refractivity (Wildman–Crippen MR) is 130 cm³/mol. The Bertz CT molecular complexity index is 1180. The molecule has 34 heavy (non-hydrogen) atoms. The number of benzene rings is 2. The lowest BCUT2D eigenvalue weighted by Crippen LogP contribution is -2.54. The largest absolute Gasteiger partial charge is 0.507 e. The molecule has 2 aromatic carbocycles. The molecule has 2 bridgehead atoms. The Kier molecular flexibility index (Phi) is 7.14. The number of para-hydroxylation sites is 1. The number of carboxylic acids is 1. The van der Waals surface area contributed by atoms with Gasteiger partial charge in [0, 0.05) is 24.2 Å². The molecule has 7 heteroatoms. The number of carboxylic acid groups (broad SMARTS) is 1. The molecule has 0 amide bonds. The number of rotatable bonds is 5. The van der Waals surface area contributed by atoms with Gasteiger partial charge >= 0.3 is 5.97 Å². The van der Waals surface area contributed by atoms with Crippen LogP contribution in [0.1, 0.15) is 34.9 Å². The van der Waals surface area contributed by atoms with Crippen LogP contribution >= 0.6 is 0 Å². The van der Waals surface area contributed by atoms with Gasteiger partial charge in [0.2, 0.25) is 0 Å². The predicted octanol–water partition coefficient (Wildman–Crippen LogP) is 4.26. The second-order valence-corrected chi connectivity index (χ2v) is 8.80. The lowest BCUT2D eigenvalue weighted by atomic mass is 9.73. The molecule has 1 aromatic heterocycles. The highest BCUT2D eigenvalue weighted by molar-refractivity contribution is 5.90. The normalized spacial score (nSPS) is 24.1. The number of hydrogen-bond donors (Lipinski definition) is 3. The first-order valence-corrected chi connectivity index (χ1v) is 11.4. The monoisotopic (exact) mass is 462 g/mol. The summed E-state index contributed by atoms with van der Waals surface area (Å²) >= 11 is 0. The molecule has 3 aromatic rings. The number of aliphatic hydroxyl groups is 1. The minimum Gasteiger partial charge on any atom is -0.507 e. The highest BCUT2D eigenvalue weighted by Crippen LogP contribution is 2.42. The minimum atomic E-state index is -1.11. The van der Waals surface area contributed by atoms with Gasteiger partial charge in [0.05, 0.1) is 18.7 Å². The maximum Gasteiger partial charge on any atom is 0.339 e. The summed E-state index contributed by atoms with van der Waals surface area (Å²) in [4.78, 5) is 17.1. The number of aromatic hydroxyl groups is 1. The highest BCUT2D eigenvalue weighted by Gasteiger charge is 2.42. The van der Waals surface area contributed by atoms with Crippen molar-refractivity contribution in [2.24, 2.45) is 11.8 Å². The number of methoxy groups -OCH3 is 1. The van der Waals surface area contributed by atoms with Gasteiger partial charge in [-0.3, -0.25) is 9.88 Å². The molecule has 3 saturated heterocycles. The molecule has 2 unspecified atom stereocenters. The second-order valence-electron chi connectivity index (χ2n) is 8.80. The Morgan fingerprint density at radius 2 is 2.06 bits per heavy atom. The van der Waals surface area contributed by atoms with Crippen LogP contribution in [0.15, 0.2) is 67.4 Å². The van der Waals surface area contributed by atoms with Crippen molar-refractivity contribution in [3.63, 3.8) is 0 Å². The fourth-order valence-corrected chi connectivity index (χ4v) is 5.10. The molecule has 0 aliphatic carbocycles. The summed E-state index contributed by atoms with van der Waals surface area (Å²) in [5.41, 5.74) is 1.78. The first-order valence-electron chi connectivity index (χ1n) is 11.4. The van der Waals surface area contributed by atoms with Crippen LogP contribution < -0.4 is 4.74 Å². The van der Waals surface area contributed by atoms with Crippen LogP contribution in [0.25, 0.3) is 10.9 Å². The number of carbonyl (C=O) groups is 1. The van der Waals surface area contributed by atoms with Gasteiger partial charge in [0.1, 0.15) is 17.1 Å². The molecule has 6 rings (SSSR count). The van der Waals surface area contributed by atoms with Crippen LogP contribution in [-0.2, 0) is 0 Å². The van der Waals surface area contributed by atoms with E-state index in [4.69, 9.17) is 14.9 Å². The van der Waals surface area contributed by atoms with Crippen molar-refractivity contribution in [3.05, 3.63) is 78.5 Å². The SMILES string of the molecule is C=C[C@H]1CN2CCC1C[C@H]2[C@H](O)c1ccnc2ccc(OC)cc12.O=C(O)c1ccccc1O. The van der Waals surface area contributed by atoms with E-state index in [-0.39, 0.29) is 17.4 Å². The zero-order valence-corrected chi connectivity index (χ0v) is 19.2. The van der Waals surface area contributed by atoms with Crippen molar-refractivity contribution in [1.29, 1.82) is 0 Å². The van der Waals surface area contributed by atoms with E-state index in [1.54, 1.807) is 25.4 Å². The van der Waals surface area contributed by atoms with Crippen LogP contribution in [0.3, 0.4) is 0 Å². The van der Waals surface area contributed by atoms with Crippen molar-refractivity contribution < 1.29 is 24.9 Å². The smallest absolute Gasteiger partial charge is 0.339 e. The van der Waals surface area contributed by atoms with E-state index in [0.29, 0.717) is 11.8 Å². The van der Waals surface area contributed by atoms with E-state index in [1.807, 2.05) is 24.3 Å². The number of aromatic carboxylic acids is 1. The fourth-order valence-electron chi connectivity index (χ4n) is 5.10. The van der Waals surface area contributed by atoms with Crippen molar-refractivity contribution in [3.8, 4) is 11.5 Å². The van der Waals surface area contributed by atoms with Gasteiger partial charge in [-0.1, -0.05) is 18.2 Å². The Morgan fingerprint density at radius 1 is 1.26 bits per heavy atom. The average Bonchev–Trinajstić information content (AvgIpc) is 2.88. The lowest BCUT2D eigenvalue weighted by molar-refractivity contribution is -0.0444. The number of pyridine rings is 1. The third-order valence-electron chi connectivity index (χ3n) is 6.95. The Balaban J connectivity index is 0.000000231. The summed E-state index contributed by atoms with van der Waals surface area (Å²) in [6.45, 7) is 6.07. The quantitative estimate of drug-likeness (QED) is 0.487. The summed E-state index contributed by atoms with van der Waals surface area (Å²) in [7, 11) is 1.66.